The molecule has 1 N–H and O–H groups in total. The number of hydrogen-bond donors (Lipinski definition) is 1. The van der Waals surface area contributed by atoms with Gasteiger partial charge in [-0.2, -0.15) is 0 Å². The highest BCUT2D eigenvalue weighted by Crippen LogP contribution is 2.34. The third kappa shape index (κ3) is 6.46. The molecule has 0 saturated carbocycles. The zero-order valence-corrected chi connectivity index (χ0v) is 21.7. The Kier molecular flexibility index (Phi) is 8.64. The molecule has 0 aliphatic carbocycles. The molecule has 0 aromatic heterocycles. The quantitative estimate of drug-likeness (QED) is 0.396. The van der Waals surface area contributed by atoms with Crippen LogP contribution in [0.4, 0.5) is 5.69 Å². The normalized spacial score (nSPS) is 11.1. The van der Waals surface area contributed by atoms with E-state index in [-0.39, 0.29) is 29.5 Å². The largest absolute Gasteiger partial charge is 0.495 e. The Morgan fingerprint density at radius 1 is 1.00 bits per heavy atom. The fourth-order valence-electron chi connectivity index (χ4n) is 3.41. The number of anilines is 1. The summed E-state index contributed by atoms with van der Waals surface area (Å²) in [5.41, 5.74) is 3.22. The number of nitrogens with zero attached hydrogens (tertiary/aromatic N) is 1. The second-order valence-corrected chi connectivity index (χ2v) is 10.3. The lowest BCUT2D eigenvalue weighted by atomic mass is 10.1. The highest BCUT2D eigenvalue weighted by atomic mass is 35.5. The minimum atomic E-state index is -4.10. The van der Waals surface area contributed by atoms with E-state index in [0.717, 1.165) is 26.7 Å². The molecule has 9 heteroatoms. The molecular weight excluding hydrogens is 488 g/mol. The van der Waals surface area contributed by atoms with E-state index >= 15 is 0 Å². The molecule has 3 aromatic rings. The van der Waals surface area contributed by atoms with E-state index in [4.69, 9.17) is 21.1 Å². The van der Waals surface area contributed by atoms with E-state index in [2.05, 4.69) is 5.32 Å². The fourth-order valence-corrected chi connectivity index (χ4v) is 5.00. The van der Waals surface area contributed by atoms with Crippen molar-refractivity contribution in [1.29, 1.82) is 0 Å². The summed E-state index contributed by atoms with van der Waals surface area (Å²) < 4.78 is 39.3. The van der Waals surface area contributed by atoms with Crippen molar-refractivity contribution in [3.8, 4) is 11.5 Å². The Morgan fingerprint density at radius 3 is 2.40 bits per heavy atom. The van der Waals surface area contributed by atoms with Gasteiger partial charge in [-0.15, -0.1) is 0 Å². The minimum Gasteiger partial charge on any atom is -0.495 e. The fraction of sp³-hybridized carbons (Fsp3) is 0.269. The van der Waals surface area contributed by atoms with Gasteiger partial charge in [0, 0.05) is 5.02 Å². The third-order valence-electron chi connectivity index (χ3n) is 5.54. The number of methoxy groups -OCH3 is 1. The first-order valence-corrected chi connectivity index (χ1v) is 12.8. The lowest BCUT2D eigenvalue weighted by Crippen LogP contribution is -2.42. The Labute approximate surface area is 211 Å². The van der Waals surface area contributed by atoms with E-state index in [1.165, 1.54) is 25.3 Å². The van der Waals surface area contributed by atoms with Gasteiger partial charge in [-0.1, -0.05) is 41.4 Å². The Morgan fingerprint density at radius 2 is 1.71 bits per heavy atom. The Bertz CT molecular complexity index is 1290. The van der Waals surface area contributed by atoms with Crippen molar-refractivity contribution in [3.05, 3.63) is 82.4 Å². The van der Waals surface area contributed by atoms with Crippen molar-refractivity contribution in [3.63, 3.8) is 0 Å². The van der Waals surface area contributed by atoms with Crippen LogP contribution >= 0.6 is 11.6 Å². The molecular formula is C26H29ClN2O5S. The highest BCUT2D eigenvalue weighted by Gasteiger charge is 2.29. The molecule has 0 spiro atoms. The first-order valence-electron chi connectivity index (χ1n) is 11.0. The van der Waals surface area contributed by atoms with Crippen LogP contribution in [-0.4, -0.2) is 41.1 Å². The first kappa shape index (κ1) is 26.4. The molecule has 186 valence electrons. The summed E-state index contributed by atoms with van der Waals surface area (Å²) in [6.07, 6.45) is 0. The average Bonchev–Trinajstić information content (AvgIpc) is 2.83. The Balaban J connectivity index is 1.79. The maximum Gasteiger partial charge on any atom is 0.264 e. The van der Waals surface area contributed by atoms with Crippen LogP contribution in [0.2, 0.25) is 5.02 Å². The second-order valence-electron chi connectivity index (χ2n) is 8.04. The summed E-state index contributed by atoms with van der Waals surface area (Å²) in [5.74, 6) is 0.523. The second kappa shape index (κ2) is 11.5. The SMILES string of the molecule is COc1ccc(Cl)cc1N(CC(=O)NCCOc1cccc(C)c1C)S(=O)(=O)c1ccc(C)cc1. The number of aryl methyl sites for hydroxylation is 2. The number of ether oxygens (including phenoxy) is 2. The number of sulfonamides is 1. The van der Waals surface area contributed by atoms with Crippen molar-refractivity contribution >= 4 is 33.2 Å². The number of hydrogen-bond acceptors (Lipinski definition) is 5. The molecule has 3 rings (SSSR count). The number of carbonyl (C=O) groups excluding carboxylic acids is 1. The van der Waals surface area contributed by atoms with Gasteiger partial charge in [0.15, 0.2) is 0 Å². The van der Waals surface area contributed by atoms with Gasteiger partial charge in [0.2, 0.25) is 5.91 Å². The number of halogens is 1. The zero-order chi connectivity index (χ0) is 25.6. The van der Waals surface area contributed by atoms with E-state index in [9.17, 15) is 13.2 Å². The van der Waals surface area contributed by atoms with Crippen molar-refractivity contribution in [1.82, 2.24) is 5.32 Å². The molecule has 0 radical (unpaired) electrons. The van der Waals surface area contributed by atoms with E-state index in [1.807, 2.05) is 39.0 Å². The molecule has 0 aliphatic rings. The predicted octanol–water partition coefficient (Wildman–Crippen LogP) is 4.66. The lowest BCUT2D eigenvalue weighted by molar-refractivity contribution is -0.119. The van der Waals surface area contributed by atoms with Gasteiger partial charge in [0.25, 0.3) is 10.0 Å². The predicted molar refractivity (Wildman–Crippen MR) is 138 cm³/mol. The molecule has 0 saturated heterocycles. The molecule has 3 aromatic carbocycles. The third-order valence-corrected chi connectivity index (χ3v) is 7.55. The van der Waals surface area contributed by atoms with Gasteiger partial charge in [-0.05, 0) is 68.3 Å². The van der Waals surface area contributed by atoms with Crippen molar-refractivity contribution in [2.75, 3.05) is 31.1 Å². The molecule has 35 heavy (non-hydrogen) atoms. The van der Waals surface area contributed by atoms with Gasteiger partial charge in [0.05, 0.1) is 24.2 Å². The molecule has 0 heterocycles. The summed E-state index contributed by atoms with van der Waals surface area (Å²) in [4.78, 5) is 12.9. The molecule has 0 bridgehead atoms. The number of carbonyl (C=O) groups is 1. The van der Waals surface area contributed by atoms with Gasteiger partial charge in [-0.3, -0.25) is 9.10 Å². The smallest absolute Gasteiger partial charge is 0.264 e. The molecule has 7 nitrogen and oxygen atoms in total. The van der Waals surface area contributed by atoms with Gasteiger partial charge >= 0.3 is 0 Å². The van der Waals surface area contributed by atoms with Crippen LogP contribution < -0.4 is 19.1 Å². The average molecular weight is 517 g/mol. The summed E-state index contributed by atoms with van der Waals surface area (Å²) in [5, 5.41) is 3.04. The summed E-state index contributed by atoms with van der Waals surface area (Å²) in [7, 11) is -2.67. The van der Waals surface area contributed by atoms with Gasteiger partial charge < -0.3 is 14.8 Å². The maximum atomic E-state index is 13.6. The van der Waals surface area contributed by atoms with Gasteiger partial charge in [-0.25, -0.2) is 8.42 Å². The number of rotatable bonds is 10. The van der Waals surface area contributed by atoms with Crippen LogP contribution in [-0.2, 0) is 14.8 Å². The molecule has 0 unspecified atom stereocenters. The van der Waals surface area contributed by atoms with Crippen molar-refractivity contribution in [2.45, 2.75) is 25.7 Å². The van der Waals surface area contributed by atoms with Crippen molar-refractivity contribution < 1.29 is 22.7 Å². The standard InChI is InChI=1S/C26H29ClN2O5S/c1-18-8-11-22(12-9-18)35(31,32)29(23-16-21(27)10-13-25(23)33-4)17-26(30)28-14-15-34-24-7-5-6-19(2)20(24)3/h5-13,16H,14-15,17H2,1-4H3,(H,28,30). The zero-order valence-electron chi connectivity index (χ0n) is 20.2. The molecule has 0 aliphatic heterocycles. The van der Waals surface area contributed by atoms with Crippen LogP contribution in [0, 0.1) is 20.8 Å². The number of nitrogens with one attached hydrogen (secondary N) is 1. The van der Waals surface area contributed by atoms with Crippen LogP contribution in [0.15, 0.2) is 65.6 Å². The summed E-state index contributed by atoms with van der Waals surface area (Å²) >= 11 is 6.16. The van der Waals surface area contributed by atoms with E-state index < -0.39 is 22.5 Å². The lowest BCUT2D eigenvalue weighted by Gasteiger charge is -2.26. The van der Waals surface area contributed by atoms with Crippen LogP contribution in [0.5, 0.6) is 11.5 Å². The monoisotopic (exact) mass is 516 g/mol. The first-order chi connectivity index (χ1) is 16.6. The highest BCUT2D eigenvalue weighted by molar-refractivity contribution is 7.92. The molecule has 1 amide bonds. The van der Waals surface area contributed by atoms with Crippen molar-refractivity contribution in [2.24, 2.45) is 0 Å². The van der Waals surface area contributed by atoms with Crippen LogP contribution in [0.1, 0.15) is 16.7 Å². The summed E-state index contributed by atoms with van der Waals surface area (Å²) in [6.45, 7) is 5.81. The Hall–Kier alpha value is -3.23. The van der Waals surface area contributed by atoms with Crippen LogP contribution in [0.3, 0.4) is 0 Å². The maximum absolute atomic E-state index is 13.6. The topological polar surface area (TPSA) is 84.9 Å². The molecule has 0 atom stereocenters. The number of benzene rings is 3. The van der Waals surface area contributed by atoms with E-state index in [0.29, 0.717) is 5.02 Å². The summed E-state index contributed by atoms with van der Waals surface area (Å²) in [6, 6.07) is 16.8. The van der Waals surface area contributed by atoms with E-state index in [1.54, 1.807) is 24.3 Å². The van der Waals surface area contributed by atoms with Crippen LogP contribution in [0.25, 0.3) is 0 Å². The number of amides is 1. The minimum absolute atomic E-state index is 0.0520. The molecule has 0 fully saturated rings. The van der Waals surface area contributed by atoms with Gasteiger partial charge in [0.1, 0.15) is 24.7 Å².